The number of cyclic esters (lactones) is 1. The van der Waals surface area contributed by atoms with E-state index in [0.717, 1.165) is 56.1 Å². The molecule has 0 radical (unpaired) electrons. The number of nitrogens with two attached hydrogens (primary N) is 1. The minimum atomic E-state index is -0.776. The molecule has 1 aromatic carbocycles. The Bertz CT molecular complexity index is 1330. The van der Waals surface area contributed by atoms with Crippen molar-refractivity contribution in [3.05, 3.63) is 30.0 Å². The molecule has 1 aliphatic carbocycles. The Hall–Kier alpha value is -2.98. The fourth-order valence-corrected chi connectivity index (χ4v) is 7.69. The van der Waals surface area contributed by atoms with Crippen LogP contribution in [0.25, 0.3) is 10.9 Å². The van der Waals surface area contributed by atoms with E-state index in [1.165, 1.54) is 6.42 Å². The minimum absolute atomic E-state index is 0.0202. The van der Waals surface area contributed by atoms with Gasteiger partial charge < -0.3 is 20.7 Å². The first-order chi connectivity index (χ1) is 19.7. The number of hydrogen-bond acceptors (Lipinski definition) is 6. The largest absolute Gasteiger partial charge is 0.434 e. The average Bonchev–Trinajstić information content (AvgIpc) is 3.65. The summed E-state index contributed by atoms with van der Waals surface area (Å²) in [5.74, 6) is -0.540. The third-order valence-electron chi connectivity index (χ3n) is 9.84. The van der Waals surface area contributed by atoms with Crippen LogP contribution in [0.1, 0.15) is 75.7 Å². The smallest absolute Gasteiger partial charge is 0.357 e. The van der Waals surface area contributed by atoms with Gasteiger partial charge in [-0.05, 0) is 102 Å². The highest BCUT2D eigenvalue weighted by Crippen LogP contribution is 2.37. The van der Waals surface area contributed by atoms with E-state index in [0.29, 0.717) is 30.8 Å². The highest BCUT2D eigenvalue weighted by molar-refractivity contribution is 6.02. The van der Waals surface area contributed by atoms with E-state index in [2.05, 4.69) is 10.2 Å². The number of alkyl halides is 1. The van der Waals surface area contributed by atoms with Crippen LogP contribution >= 0.6 is 0 Å². The standard InChI is InChI=1S/C31H42FN5O4/c1-31(2)37-24-11-10-22(16-21(24)17-26(37)30(40)41-31)34-28(38)27-25(35-13-4-3-5-14-35)12-15-36(27)29(39)20-8-6-19(7-9-20)23(33)18-32/h10-11,16-17,19-20,23,25,27H,3-9,12-15,18,33H2,1-2H3,(H,34,38)/t19-,20-,23-,25-,27+/m1/s1. The molecule has 4 aliphatic rings. The average molecular weight is 568 g/mol. The molecule has 9 nitrogen and oxygen atoms in total. The second kappa shape index (κ2) is 11.0. The lowest BCUT2D eigenvalue weighted by Crippen LogP contribution is -2.55. The monoisotopic (exact) mass is 567 g/mol. The van der Waals surface area contributed by atoms with Crippen LogP contribution in [0, 0.1) is 11.8 Å². The third-order valence-corrected chi connectivity index (χ3v) is 9.84. The van der Waals surface area contributed by atoms with E-state index >= 15 is 0 Å². The highest BCUT2D eigenvalue weighted by atomic mass is 19.1. The van der Waals surface area contributed by atoms with Crippen LogP contribution in [0.15, 0.2) is 24.3 Å². The topological polar surface area (TPSA) is 110 Å². The molecule has 3 fully saturated rings. The molecule has 2 amide bonds. The second-order valence-electron chi connectivity index (χ2n) is 12.8. The normalized spacial score (nSPS) is 28.9. The van der Waals surface area contributed by atoms with Crippen LogP contribution in [-0.4, -0.2) is 76.6 Å². The third kappa shape index (κ3) is 5.14. The molecule has 1 saturated carbocycles. The molecule has 0 bridgehead atoms. The molecule has 2 saturated heterocycles. The molecule has 1 aromatic heterocycles. The van der Waals surface area contributed by atoms with E-state index in [1.807, 2.05) is 41.5 Å². The molecule has 3 N–H and O–H groups in total. The lowest BCUT2D eigenvalue weighted by molar-refractivity contribution is -0.142. The molecular formula is C31H42FN5O4. The van der Waals surface area contributed by atoms with Crippen molar-refractivity contribution >= 4 is 34.4 Å². The number of rotatable bonds is 6. The van der Waals surface area contributed by atoms with E-state index in [4.69, 9.17) is 10.5 Å². The number of fused-ring (bicyclic) bond motifs is 3. The Labute approximate surface area is 240 Å². The van der Waals surface area contributed by atoms with Crippen LogP contribution in [0.5, 0.6) is 0 Å². The predicted octanol–water partition coefficient (Wildman–Crippen LogP) is 4.00. The first-order valence-corrected chi connectivity index (χ1v) is 15.2. The fraction of sp³-hybridized carbons (Fsp3) is 0.645. The van der Waals surface area contributed by atoms with E-state index < -0.39 is 24.5 Å². The van der Waals surface area contributed by atoms with Crippen LogP contribution in [-0.2, 0) is 20.1 Å². The summed E-state index contributed by atoms with van der Waals surface area (Å²) in [6.07, 6.45) is 7.03. The first kappa shape index (κ1) is 28.2. The summed E-state index contributed by atoms with van der Waals surface area (Å²) >= 11 is 0. The number of amides is 2. The maximum atomic E-state index is 14.0. The quantitative estimate of drug-likeness (QED) is 0.511. The van der Waals surface area contributed by atoms with Crippen LogP contribution in [0.2, 0.25) is 0 Å². The van der Waals surface area contributed by atoms with Crippen LogP contribution in [0.4, 0.5) is 10.1 Å². The molecule has 3 atom stereocenters. The summed E-state index contributed by atoms with van der Waals surface area (Å²) in [6, 6.07) is 6.37. The number of anilines is 1. The van der Waals surface area contributed by atoms with Gasteiger partial charge in [-0.1, -0.05) is 6.42 Å². The minimum Gasteiger partial charge on any atom is -0.434 e. The van der Waals surface area contributed by atoms with Gasteiger partial charge in [0.2, 0.25) is 11.8 Å². The Morgan fingerprint density at radius 3 is 2.51 bits per heavy atom. The summed E-state index contributed by atoms with van der Waals surface area (Å²) in [7, 11) is 0. The number of nitrogens with one attached hydrogen (secondary N) is 1. The van der Waals surface area contributed by atoms with Gasteiger partial charge in [0.15, 0.2) is 5.72 Å². The molecule has 10 heteroatoms. The van der Waals surface area contributed by atoms with Gasteiger partial charge in [-0.15, -0.1) is 0 Å². The molecule has 2 aromatic rings. The molecule has 4 heterocycles. The zero-order valence-corrected chi connectivity index (χ0v) is 24.1. The number of benzene rings is 1. The highest BCUT2D eigenvalue weighted by Gasteiger charge is 2.46. The summed E-state index contributed by atoms with van der Waals surface area (Å²) < 4.78 is 20.5. The number of esters is 1. The van der Waals surface area contributed by atoms with Crippen molar-refractivity contribution in [3.8, 4) is 0 Å². The SMILES string of the molecule is CC1(C)OC(=O)c2cc3cc(NC(=O)[C@@H]4[C@H](N5CCCCC5)CCN4C(=O)[C@H]4CC[C@H]([C@H](N)CF)CC4)ccc3n21. The van der Waals surface area contributed by atoms with Crippen molar-refractivity contribution in [1.29, 1.82) is 0 Å². The molecule has 6 rings (SSSR count). The molecule has 0 unspecified atom stereocenters. The van der Waals surface area contributed by atoms with Crippen LogP contribution < -0.4 is 11.1 Å². The molecule has 0 spiro atoms. The number of aromatic nitrogens is 1. The summed E-state index contributed by atoms with van der Waals surface area (Å²) in [6.45, 7) is 5.61. The Kier molecular flexibility index (Phi) is 7.57. The number of hydrogen-bond donors (Lipinski definition) is 2. The number of carbonyl (C=O) groups is 3. The van der Waals surface area contributed by atoms with Crippen molar-refractivity contribution in [2.45, 2.75) is 89.1 Å². The summed E-state index contributed by atoms with van der Waals surface area (Å²) in [5.41, 5.74) is 7.16. The van der Waals surface area contributed by atoms with Gasteiger partial charge in [0.1, 0.15) is 18.4 Å². The maximum absolute atomic E-state index is 14.0. The maximum Gasteiger partial charge on any atom is 0.357 e. The lowest BCUT2D eigenvalue weighted by Gasteiger charge is -2.38. The molecule has 3 aliphatic heterocycles. The van der Waals surface area contributed by atoms with Gasteiger partial charge in [0.05, 0.1) is 5.52 Å². The van der Waals surface area contributed by atoms with E-state index in [9.17, 15) is 18.8 Å². The van der Waals surface area contributed by atoms with Crippen molar-refractivity contribution in [2.75, 3.05) is 31.6 Å². The van der Waals surface area contributed by atoms with Crippen molar-refractivity contribution < 1.29 is 23.5 Å². The van der Waals surface area contributed by atoms with Crippen molar-refractivity contribution in [2.24, 2.45) is 17.6 Å². The van der Waals surface area contributed by atoms with E-state index in [1.54, 1.807) is 6.07 Å². The lowest BCUT2D eigenvalue weighted by atomic mass is 9.78. The fourth-order valence-electron chi connectivity index (χ4n) is 7.69. The van der Waals surface area contributed by atoms with Gasteiger partial charge in [-0.25, -0.2) is 9.18 Å². The van der Waals surface area contributed by atoms with Crippen molar-refractivity contribution in [3.63, 3.8) is 0 Å². The first-order valence-electron chi connectivity index (χ1n) is 15.2. The Balaban J connectivity index is 1.22. The second-order valence-corrected chi connectivity index (χ2v) is 12.8. The number of halogens is 1. The number of carbonyl (C=O) groups excluding carboxylic acids is 3. The number of piperidine rings is 1. The number of nitrogens with zero attached hydrogens (tertiary/aromatic N) is 3. The molecule has 222 valence electrons. The van der Waals surface area contributed by atoms with Gasteiger partial charge in [0, 0.05) is 35.6 Å². The number of ether oxygens (including phenoxy) is 1. The Morgan fingerprint density at radius 1 is 1.07 bits per heavy atom. The summed E-state index contributed by atoms with van der Waals surface area (Å²) in [4.78, 5) is 44.5. The van der Waals surface area contributed by atoms with Crippen LogP contribution in [0.3, 0.4) is 0 Å². The van der Waals surface area contributed by atoms with Crippen molar-refractivity contribution in [1.82, 2.24) is 14.4 Å². The van der Waals surface area contributed by atoms with Gasteiger partial charge in [0.25, 0.3) is 0 Å². The zero-order chi connectivity index (χ0) is 28.9. The number of likely N-dealkylation sites (tertiary alicyclic amines) is 2. The van der Waals surface area contributed by atoms with Gasteiger partial charge in [-0.2, -0.15) is 0 Å². The van der Waals surface area contributed by atoms with E-state index in [-0.39, 0.29) is 35.7 Å². The molecule has 41 heavy (non-hydrogen) atoms. The zero-order valence-electron chi connectivity index (χ0n) is 24.1. The summed E-state index contributed by atoms with van der Waals surface area (Å²) in [5, 5.41) is 3.96. The van der Waals surface area contributed by atoms with Gasteiger partial charge >= 0.3 is 5.97 Å². The Morgan fingerprint density at radius 2 is 1.80 bits per heavy atom. The predicted molar refractivity (Wildman–Crippen MR) is 154 cm³/mol. The molecular weight excluding hydrogens is 525 g/mol. The van der Waals surface area contributed by atoms with Gasteiger partial charge in [-0.3, -0.25) is 19.1 Å².